The van der Waals surface area contributed by atoms with Gasteiger partial charge in [0.1, 0.15) is 11.4 Å². The summed E-state index contributed by atoms with van der Waals surface area (Å²) in [4.78, 5) is 23.2. The smallest absolute Gasteiger partial charge is 0.351 e. The first-order chi connectivity index (χ1) is 13.5. The molecule has 146 valence electrons. The number of amides is 1. The van der Waals surface area contributed by atoms with Crippen molar-refractivity contribution < 1.29 is 18.9 Å². The lowest BCUT2D eigenvalue weighted by molar-refractivity contribution is -0.153. The number of rotatable bonds is 3. The third-order valence-corrected chi connectivity index (χ3v) is 5.03. The number of carbonyl (C=O) groups excluding carboxylic acids is 1. The number of hydrogen-bond acceptors (Lipinski definition) is 5. The minimum atomic E-state index is -0.706. The third kappa shape index (κ3) is 4.00. The Hall–Kier alpha value is -2.90. The Balaban J connectivity index is 1.33. The average molecular weight is 383 g/mol. The summed E-state index contributed by atoms with van der Waals surface area (Å²) >= 11 is 0. The maximum absolute atomic E-state index is 13.6. The molecule has 7 heteroatoms. The number of benzene rings is 2. The third-order valence-electron chi connectivity index (χ3n) is 5.03. The Morgan fingerprint density at radius 1 is 1.18 bits per heavy atom. The monoisotopic (exact) mass is 383 g/mol. The predicted molar refractivity (Wildman–Crippen MR) is 103 cm³/mol. The highest BCUT2D eigenvalue weighted by Crippen LogP contribution is 2.34. The second-order valence-electron chi connectivity index (χ2n) is 7.11. The first-order valence-electron chi connectivity index (χ1n) is 9.25. The van der Waals surface area contributed by atoms with Crippen molar-refractivity contribution in [1.82, 2.24) is 10.5 Å². The van der Waals surface area contributed by atoms with Crippen LogP contribution in [0, 0.1) is 12.7 Å². The molecule has 0 saturated carbocycles. The number of hydroxylamine groups is 3. The zero-order chi connectivity index (χ0) is 19.6. The van der Waals surface area contributed by atoms with E-state index in [2.05, 4.69) is 48.1 Å². The van der Waals surface area contributed by atoms with Crippen LogP contribution in [0.15, 0.2) is 54.6 Å². The highest BCUT2D eigenvalue weighted by Gasteiger charge is 2.39. The number of nitrogens with zero attached hydrogens (tertiary/aromatic N) is 1. The molecule has 0 aliphatic carbocycles. The summed E-state index contributed by atoms with van der Waals surface area (Å²) in [6.07, 6.45) is 2.74. The molecule has 2 aromatic carbocycles. The topological polar surface area (TPSA) is 62.8 Å². The number of hydrogen-bond donors (Lipinski definition) is 2. The van der Waals surface area contributed by atoms with Crippen molar-refractivity contribution >= 4 is 17.5 Å². The molecular weight excluding hydrogens is 361 g/mol. The summed E-state index contributed by atoms with van der Waals surface area (Å²) in [5, 5.41) is 3.99. The van der Waals surface area contributed by atoms with Crippen LogP contribution in [0.25, 0.3) is 5.70 Å². The minimum absolute atomic E-state index is 0.0926. The molecule has 1 fully saturated rings. The predicted octanol–water partition coefficient (Wildman–Crippen LogP) is 4.01. The zero-order valence-electron chi connectivity index (χ0n) is 15.6. The van der Waals surface area contributed by atoms with Crippen LogP contribution in [0.2, 0.25) is 0 Å². The van der Waals surface area contributed by atoms with Gasteiger partial charge in [0.2, 0.25) is 0 Å². The molecule has 0 aromatic heterocycles. The van der Waals surface area contributed by atoms with Crippen LogP contribution in [0.5, 0.6) is 0 Å². The fraction of sp³-hybridized carbons (Fsp3) is 0.286. The molecule has 2 heterocycles. The lowest BCUT2D eigenvalue weighted by atomic mass is 9.91. The van der Waals surface area contributed by atoms with Gasteiger partial charge < -0.3 is 4.84 Å². The van der Waals surface area contributed by atoms with Gasteiger partial charge in [-0.1, -0.05) is 42.0 Å². The summed E-state index contributed by atoms with van der Waals surface area (Å²) in [6, 6.07) is 14.2. The van der Waals surface area contributed by atoms with Crippen molar-refractivity contribution in [3.63, 3.8) is 0 Å². The molecule has 2 aromatic rings. The molecule has 1 amide bonds. The zero-order valence-corrected chi connectivity index (χ0v) is 15.6. The standard InChI is InChI=1S/C21H22FN3O3/c1-15-6-8-16(9-7-15)19-14-21(28-24-19)10-12-25(13-11-21)27-20(26)23-18-5-3-2-4-17(18)22/h2-9,14,24H,10-13H2,1H3,(H,23,26). The summed E-state index contributed by atoms with van der Waals surface area (Å²) in [6.45, 7) is 3.09. The fourth-order valence-electron chi connectivity index (χ4n) is 3.37. The average Bonchev–Trinajstić information content (AvgIpc) is 3.10. The van der Waals surface area contributed by atoms with Gasteiger partial charge in [-0.2, -0.15) is 0 Å². The Kier molecular flexibility index (Phi) is 5.02. The number of nitrogens with one attached hydrogen (secondary N) is 2. The number of carbonyl (C=O) groups is 1. The SMILES string of the molecule is Cc1ccc(C2=CC3(CCN(OC(=O)Nc4ccccc4F)CC3)ON2)cc1. The largest absolute Gasteiger partial charge is 0.430 e. The normalized spacial score (nSPS) is 18.4. The van der Waals surface area contributed by atoms with Gasteiger partial charge in [-0.3, -0.25) is 15.6 Å². The van der Waals surface area contributed by atoms with Crippen LogP contribution < -0.4 is 10.8 Å². The maximum Gasteiger partial charge on any atom is 0.430 e. The first-order valence-corrected chi connectivity index (χ1v) is 9.25. The van der Waals surface area contributed by atoms with E-state index in [1.54, 1.807) is 17.2 Å². The molecule has 28 heavy (non-hydrogen) atoms. The summed E-state index contributed by atoms with van der Waals surface area (Å²) in [5.41, 5.74) is 5.94. The number of aryl methyl sites for hydroxylation is 1. The van der Waals surface area contributed by atoms with Gasteiger partial charge >= 0.3 is 6.09 Å². The second-order valence-corrected chi connectivity index (χ2v) is 7.11. The second kappa shape index (κ2) is 7.61. The van der Waals surface area contributed by atoms with Gasteiger partial charge in [-0.25, -0.2) is 9.18 Å². The molecule has 0 bridgehead atoms. The van der Waals surface area contributed by atoms with Gasteiger partial charge in [0, 0.05) is 13.1 Å². The Morgan fingerprint density at radius 3 is 2.61 bits per heavy atom. The Labute approximate surface area is 162 Å². The van der Waals surface area contributed by atoms with E-state index in [9.17, 15) is 9.18 Å². The van der Waals surface area contributed by atoms with E-state index in [4.69, 9.17) is 9.68 Å². The van der Waals surface area contributed by atoms with Gasteiger partial charge in [0.05, 0.1) is 11.4 Å². The van der Waals surface area contributed by atoms with E-state index in [0.29, 0.717) is 25.9 Å². The van der Waals surface area contributed by atoms with E-state index in [0.717, 1.165) is 11.3 Å². The van der Waals surface area contributed by atoms with Crippen LogP contribution in [-0.2, 0) is 9.68 Å². The Bertz CT molecular complexity index is 890. The van der Waals surface area contributed by atoms with Gasteiger partial charge in [-0.15, -0.1) is 5.06 Å². The van der Waals surface area contributed by atoms with Crippen molar-refractivity contribution in [2.24, 2.45) is 0 Å². The minimum Gasteiger partial charge on any atom is -0.351 e. The van der Waals surface area contributed by atoms with Gasteiger partial charge in [-0.05, 0) is 43.5 Å². The highest BCUT2D eigenvalue weighted by atomic mass is 19.1. The molecule has 2 aliphatic heterocycles. The van der Waals surface area contributed by atoms with Crippen molar-refractivity contribution in [1.29, 1.82) is 0 Å². The molecule has 0 atom stereocenters. The van der Waals surface area contributed by atoms with E-state index in [1.807, 2.05) is 0 Å². The summed E-state index contributed by atoms with van der Waals surface area (Å²) < 4.78 is 13.6. The number of para-hydroxylation sites is 1. The van der Waals surface area contributed by atoms with E-state index in [-0.39, 0.29) is 5.69 Å². The van der Waals surface area contributed by atoms with Gasteiger partial charge in [0.25, 0.3) is 0 Å². The van der Waals surface area contributed by atoms with Crippen molar-refractivity contribution in [2.45, 2.75) is 25.4 Å². The maximum atomic E-state index is 13.6. The first kappa shape index (κ1) is 18.5. The molecule has 1 saturated heterocycles. The highest BCUT2D eigenvalue weighted by molar-refractivity contribution is 5.84. The lowest BCUT2D eigenvalue weighted by Gasteiger charge is -2.35. The van der Waals surface area contributed by atoms with Crippen LogP contribution in [0.1, 0.15) is 24.0 Å². The summed E-state index contributed by atoms with van der Waals surface area (Å²) in [7, 11) is 0. The molecule has 4 rings (SSSR count). The van der Waals surface area contributed by atoms with Crippen LogP contribution in [0.4, 0.5) is 14.9 Å². The van der Waals surface area contributed by atoms with Crippen molar-refractivity contribution in [2.75, 3.05) is 18.4 Å². The van der Waals surface area contributed by atoms with E-state index < -0.39 is 17.5 Å². The fourth-order valence-corrected chi connectivity index (χ4v) is 3.37. The van der Waals surface area contributed by atoms with Gasteiger partial charge in [0.15, 0.2) is 0 Å². The Morgan fingerprint density at radius 2 is 1.89 bits per heavy atom. The lowest BCUT2D eigenvalue weighted by Crippen LogP contribution is -2.45. The molecule has 1 spiro atoms. The molecule has 2 aliphatic rings. The number of halogens is 1. The quantitative estimate of drug-likeness (QED) is 0.839. The van der Waals surface area contributed by atoms with Crippen molar-refractivity contribution in [3.05, 3.63) is 71.6 Å². The molecule has 0 radical (unpaired) electrons. The van der Waals surface area contributed by atoms with E-state index in [1.165, 1.54) is 17.7 Å². The van der Waals surface area contributed by atoms with Crippen LogP contribution >= 0.6 is 0 Å². The van der Waals surface area contributed by atoms with Crippen molar-refractivity contribution in [3.8, 4) is 0 Å². The van der Waals surface area contributed by atoms with Crippen LogP contribution in [-0.4, -0.2) is 29.8 Å². The number of anilines is 1. The number of piperidine rings is 1. The van der Waals surface area contributed by atoms with Crippen LogP contribution in [0.3, 0.4) is 0 Å². The molecule has 2 N–H and O–H groups in total. The van der Waals surface area contributed by atoms with E-state index >= 15 is 0 Å². The molecular formula is C21H22FN3O3. The summed E-state index contributed by atoms with van der Waals surface area (Å²) in [5.74, 6) is -0.503. The molecule has 0 unspecified atom stereocenters. The molecule has 6 nitrogen and oxygen atoms in total.